The van der Waals surface area contributed by atoms with E-state index < -0.39 is 5.60 Å². The molecule has 0 amide bonds. The molecular weight excluding hydrogens is 368 g/mol. The van der Waals surface area contributed by atoms with E-state index in [2.05, 4.69) is 20.3 Å². The number of nitrogens with one attached hydrogen (secondary N) is 2. The SMILES string of the molecule is CO[C@H]1C[C@@H](Nc2ncc3c(-c4ccc5c(c4)OC(C)(C)CC5=O)c[nH]c3n2)C1. The first-order chi connectivity index (χ1) is 13.9. The normalized spacial score (nSPS) is 22.7. The summed E-state index contributed by atoms with van der Waals surface area (Å²) in [6.07, 6.45) is 6.41. The van der Waals surface area contributed by atoms with Crippen LogP contribution in [0.4, 0.5) is 5.95 Å². The molecule has 0 radical (unpaired) electrons. The lowest BCUT2D eigenvalue weighted by Crippen LogP contribution is -2.40. The van der Waals surface area contributed by atoms with Gasteiger partial charge in [0, 0.05) is 36.5 Å². The molecule has 2 N–H and O–H groups in total. The molecule has 1 saturated carbocycles. The first-order valence-electron chi connectivity index (χ1n) is 9.92. The van der Waals surface area contributed by atoms with E-state index in [1.165, 1.54) is 0 Å². The maximum Gasteiger partial charge on any atom is 0.224 e. The van der Waals surface area contributed by atoms with Crippen molar-refractivity contribution < 1.29 is 14.3 Å². The van der Waals surface area contributed by atoms with Crippen LogP contribution < -0.4 is 10.1 Å². The largest absolute Gasteiger partial charge is 0.487 e. The maximum absolute atomic E-state index is 12.4. The number of Topliss-reactive ketones (excluding diaryl/α,β-unsaturated/α-hetero) is 1. The van der Waals surface area contributed by atoms with Crippen LogP contribution in [0.15, 0.2) is 30.6 Å². The first kappa shape index (κ1) is 18.1. The van der Waals surface area contributed by atoms with Gasteiger partial charge in [-0.05, 0) is 44.4 Å². The van der Waals surface area contributed by atoms with Crippen LogP contribution in [0.25, 0.3) is 22.2 Å². The van der Waals surface area contributed by atoms with Crippen LogP contribution in [-0.4, -0.2) is 45.6 Å². The molecule has 7 heteroatoms. The number of ether oxygens (including phenoxy) is 2. The quantitative estimate of drug-likeness (QED) is 0.699. The van der Waals surface area contributed by atoms with E-state index in [4.69, 9.17) is 9.47 Å². The molecule has 0 atom stereocenters. The van der Waals surface area contributed by atoms with Gasteiger partial charge in [0.25, 0.3) is 0 Å². The highest BCUT2D eigenvalue weighted by atomic mass is 16.5. The zero-order valence-electron chi connectivity index (χ0n) is 16.8. The lowest BCUT2D eigenvalue weighted by atomic mass is 9.89. The van der Waals surface area contributed by atoms with Gasteiger partial charge in [-0.2, -0.15) is 4.98 Å². The number of ketones is 1. The number of fused-ring (bicyclic) bond motifs is 2. The minimum absolute atomic E-state index is 0.118. The molecule has 150 valence electrons. The minimum Gasteiger partial charge on any atom is -0.487 e. The molecule has 3 heterocycles. The number of carbonyl (C=O) groups excluding carboxylic acids is 1. The zero-order valence-corrected chi connectivity index (χ0v) is 16.8. The molecule has 0 saturated heterocycles. The fourth-order valence-electron chi connectivity index (χ4n) is 4.09. The standard InChI is InChI=1S/C22H24N4O3/c1-22(2)9-18(27)15-5-4-12(6-19(15)29-22)16-10-23-20-17(16)11-24-21(26-20)25-13-7-14(8-13)28-3/h4-6,10-11,13-14H,7-9H2,1-3H3,(H2,23,24,25,26)/t13-,14+. The molecule has 3 aromatic rings. The number of nitrogens with zero attached hydrogens (tertiary/aromatic N) is 2. The Morgan fingerprint density at radius 2 is 2.10 bits per heavy atom. The van der Waals surface area contributed by atoms with Crippen molar-refractivity contribution in [3.63, 3.8) is 0 Å². The molecule has 0 bridgehead atoms. The van der Waals surface area contributed by atoms with Crippen LogP contribution in [0, 0.1) is 0 Å². The molecule has 7 nitrogen and oxygen atoms in total. The van der Waals surface area contributed by atoms with E-state index in [1.54, 1.807) is 7.11 Å². The van der Waals surface area contributed by atoms with E-state index in [1.807, 2.05) is 44.4 Å². The lowest BCUT2D eigenvalue weighted by Gasteiger charge is -2.34. The van der Waals surface area contributed by atoms with E-state index in [0.29, 0.717) is 35.8 Å². The summed E-state index contributed by atoms with van der Waals surface area (Å²) in [6.45, 7) is 3.87. The smallest absolute Gasteiger partial charge is 0.224 e. The number of hydrogen-bond acceptors (Lipinski definition) is 6. The zero-order chi connectivity index (χ0) is 20.2. The number of benzene rings is 1. The molecule has 1 fully saturated rings. The summed E-state index contributed by atoms with van der Waals surface area (Å²) in [5, 5.41) is 4.29. The van der Waals surface area contributed by atoms with Crippen molar-refractivity contribution in [1.29, 1.82) is 0 Å². The predicted octanol–water partition coefficient (Wildman–Crippen LogP) is 3.96. The van der Waals surface area contributed by atoms with Gasteiger partial charge in [-0.3, -0.25) is 4.79 Å². The van der Waals surface area contributed by atoms with Crippen molar-refractivity contribution in [3.8, 4) is 16.9 Å². The summed E-state index contributed by atoms with van der Waals surface area (Å²) < 4.78 is 11.4. The number of aromatic amines is 1. The van der Waals surface area contributed by atoms with Crippen LogP contribution >= 0.6 is 0 Å². The lowest BCUT2D eigenvalue weighted by molar-refractivity contribution is 0.0327. The summed E-state index contributed by atoms with van der Waals surface area (Å²) in [6, 6.07) is 6.08. The first-order valence-corrected chi connectivity index (χ1v) is 9.92. The third kappa shape index (κ3) is 3.25. The van der Waals surface area contributed by atoms with E-state index >= 15 is 0 Å². The van der Waals surface area contributed by atoms with Gasteiger partial charge in [0.2, 0.25) is 5.95 Å². The molecule has 0 spiro atoms. The Morgan fingerprint density at radius 3 is 2.90 bits per heavy atom. The van der Waals surface area contributed by atoms with E-state index in [9.17, 15) is 4.79 Å². The summed E-state index contributed by atoms with van der Waals surface area (Å²) in [5.41, 5.74) is 2.87. The van der Waals surface area contributed by atoms with Crippen LogP contribution in [0.1, 0.15) is 43.5 Å². The summed E-state index contributed by atoms with van der Waals surface area (Å²) in [4.78, 5) is 24.7. The summed E-state index contributed by atoms with van der Waals surface area (Å²) >= 11 is 0. The topological polar surface area (TPSA) is 89.1 Å². The molecule has 2 aromatic heterocycles. The second-order valence-corrected chi connectivity index (χ2v) is 8.50. The second kappa shape index (κ2) is 6.56. The van der Waals surface area contributed by atoms with Gasteiger partial charge in [0.05, 0.1) is 18.1 Å². The summed E-state index contributed by atoms with van der Waals surface area (Å²) in [7, 11) is 1.74. The third-order valence-corrected chi connectivity index (χ3v) is 5.76. The van der Waals surface area contributed by atoms with Crippen molar-refractivity contribution >= 4 is 22.8 Å². The Labute approximate surface area is 168 Å². The van der Waals surface area contributed by atoms with Gasteiger partial charge in [-0.1, -0.05) is 6.07 Å². The average Bonchev–Trinajstić information content (AvgIpc) is 3.06. The second-order valence-electron chi connectivity index (χ2n) is 8.50. The van der Waals surface area contributed by atoms with Gasteiger partial charge >= 0.3 is 0 Å². The molecule has 2 aliphatic rings. The highest BCUT2D eigenvalue weighted by Gasteiger charge is 2.33. The monoisotopic (exact) mass is 392 g/mol. The number of carbonyl (C=O) groups is 1. The molecule has 1 aliphatic heterocycles. The van der Waals surface area contributed by atoms with Crippen molar-refractivity contribution in [2.24, 2.45) is 0 Å². The van der Waals surface area contributed by atoms with Gasteiger partial charge in [0.15, 0.2) is 5.78 Å². The Kier molecular flexibility index (Phi) is 4.10. The number of hydrogen-bond donors (Lipinski definition) is 2. The molecule has 5 rings (SSSR count). The van der Waals surface area contributed by atoms with Crippen molar-refractivity contribution in [1.82, 2.24) is 15.0 Å². The Bertz CT molecular complexity index is 1100. The van der Waals surface area contributed by atoms with Crippen LogP contribution in [0.2, 0.25) is 0 Å². The van der Waals surface area contributed by atoms with E-state index in [0.717, 1.165) is 35.0 Å². The predicted molar refractivity (Wildman–Crippen MR) is 110 cm³/mol. The molecular formula is C22H24N4O3. The molecule has 0 unspecified atom stereocenters. The Hall–Kier alpha value is -2.93. The maximum atomic E-state index is 12.4. The molecule has 1 aliphatic carbocycles. The van der Waals surface area contributed by atoms with Gasteiger partial charge in [0.1, 0.15) is 17.0 Å². The van der Waals surface area contributed by atoms with Crippen molar-refractivity contribution in [3.05, 3.63) is 36.2 Å². The highest BCUT2D eigenvalue weighted by molar-refractivity contribution is 6.02. The average molecular weight is 392 g/mol. The molecule has 1 aromatic carbocycles. The minimum atomic E-state index is -0.490. The molecule has 29 heavy (non-hydrogen) atoms. The van der Waals surface area contributed by atoms with Gasteiger partial charge in [-0.25, -0.2) is 4.98 Å². The van der Waals surface area contributed by atoms with Gasteiger partial charge in [-0.15, -0.1) is 0 Å². The Morgan fingerprint density at radius 1 is 1.28 bits per heavy atom. The third-order valence-electron chi connectivity index (χ3n) is 5.76. The van der Waals surface area contributed by atoms with E-state index in [-0.39, 0.29) is 5.78 Å². The fourth-order valence-corrected chi connectivity index (χ4v) is 4.09. The number of rotatable bonds is 4. The number of aromatic nitrogens is 3. The van der Waals surface area contributed by atoms with Gasteiger partial charge < -0.3 is 19.8 Å². The Balaban J connectivity index is 1.43. The van der Waals surface area contributed by atoms with Crippen molar-refractivity contribution in [2.45, 2.75) is 50.9 Å². The van der Waals surface area contributed by atoms with Crippen LogP contribution in [0.5, 0.6) is 5.75 Å². The number of methoxy groups -OCH3 is 1. The van der Waals surface area contributed by atoms with Crippen LogP contribution in [-0.2, 0) is 4.74 Å². The van der Waals surface area contributed by atoms with Crippen LogP contribution in [0.3, 0.4) is 0 Å². The van der Waals surface area contributed by atoms with Crippen molar-refractivity contribution in [2.75, 3.05) is 12.4 Å². The number of anilines is 1. The summed E-state index contributed by atoms with van der Waals surface area (Å²) in [5.74, 6) is 1.37. The number of H-pyrrole nitrogens is 1. The fraction of sp³-hybridized carbons (Fsp3) is 0.409. The highest BCUT2D eigenvalue weighted by Crippen LogP contribution is 2.37.